The zero-order chi connectivity index (χ0) is 27.4. The molecule has 9 nitrogen and oxygen atoms in total. The lowest BCUT2D eigenvalue weighted by atomic mass is 9.99. The van der Waals surface area contributed by atoms with Gasteiger partial charge in [0.25, 0.3) is 5.91 Å². The molecule has 4 rings (SSSR count). The predicted octanol–water partition coefficient (Wildman–Crippen LogP) is 4.18. The van der Waals surface area contributed by atoms with Gasteiger partial charge in [-0.3, -0.25) is 19.5 Å². The summed E-state index contributed by atoms with van der Waals surface area (Å²) in [6, 6.07) is 13.8. The smallest absolute Gasteiger partial charge is 0.251 e. The maximum atomic E-state index is 14.0. The maximum Gasteiger partial charge on any atom is 0.251 e. The highest BCUT2D eigenvalue weighted by Gasteiger charge is 2.35. The molecule has 0 spiro atoms. The van der Waals surface area contributed by atoms with Crippen LogP contribution in [-0.4, -0.2) is 42.5 Å². The van der Waals surface area contributed by atoms with Crippen LogP contribution in [0.2, 0.25) is 0 Å². The van der Waals surface area contributed by atoms with Crippen molar-refractivity contribution in [3.63, 3.8) is 0 Å². The minimum atomic E-state index is -0.981. The van der Waals surface area contributed by atoms with Gasteiger partial charge in [0.2, 0.25) is 11.7 Å². The second-order valence-electron chi connectivity index (χ2n) is 10.1. The van der Waals surface area contributed by atoms with E-state index in [0.29, 0.717) is 16.8 Å². The summed E-state index contributed by atoms with van der Waals surface area (Å²) in [7, 11) is 0. The molecule has 0 unspecified atom stereocenters. The average Bonchev–Trinajstić information content (AvgIpc) is 3.32. The summed E-state index contributed by atoms with van der Waals surface area (Å²) in [4.78, 5) is 34.5. The van der Waals surface area contributed by atoms with Crippen molar-refractivity contribution in [1.82, 2.24) is 30.5 Å². The molecule has 0 aliphatic heterocycles. The van der Waals surface area contributed by atoms with Gasteiger partial charge in [0.15, 0.2) is 0 Å². The lowest BCUT2D eigenvalue weighted by Gasteiger charge is -2.34. The standard InChI is InChI=1S/C28H30FN7O2/c1-18-7-6-8-23(19(18)2)36(25(20-13-15-30-16-14-20)27(38)31-28(3,4)5)24(37)17-35-33-26(32-34-35)21-9-11-22(29)12-10-21/h6-16,25H,17H2,1-5H3,(H,31,38)/t25-/m1/s1. The van der Waals surface area contributed by atoms with Crippen LogP contribution in [0.25, 0.3) is 11.4 Å². The molecule has 0 saturated carbocycles. The van der Waals surface area contributed by atoms with Gasteiger partial charge in [-0.05, 0) is 99.0 Å². The first-order valence-electron chi connectivity index (χ1n) is 12.2. The highest BCUT2D eigenvalue weighted by molar-refractivity contribution is 6.02. The molecule has 0 aliphatic rings. The predicted molar refractivity (Wildman–Crippen MR) is 141 cm³/mol. The van der Waals surface area contributed by atoms with Gasteiger partial charge in [0.05, 0.1) is 0 Å². The quantitative estimate of drug-likeness (QED) is 0.396. The van der Waals surface area contributed by atoms with Crippen LogP contribution in [0.15, 0.2) is 67.0 Å². The zero-order valence-electron chi connectivity index (χ0n) is 22.0. The van der Waals surface area contributed by atoms with Gasteiger partial charge in [-0.25, -0.2) is 4.39 Å². The van der Waals surface area contributed by atoms with Crippen molar-refractivity contribution in [3.05, 3.63) is 89.5 Å². The second kappa shape index (κ2) is 10.9. The number of hydrogen-bond acceptors (Lipinski definition) is 6. The van der Waals surface area contributed by atoms with Gasteiger partial charge in [0, 0.05) is 29.2 Å². The number of carbonyl (C=O) groups excluding carboxylic acids is 2. The number of carbonyl (C=O) groups is 2. The van der Waals surface area contributed by atoms with E-state index < -0.39 is 17.5 Å². The van der Waals surface area contributed by atoms with Crippen molar-refractivity contribution in [2.45, 2.75) is 52.7 Å². The van der Waals surface area contributed by atoms with E-state index in [9.17, 15) is 14.0 Å². The van der Waals surface area contributed by atoms with Gasteiger partial charge in [0.1, 0.15) is 18.4 Å². The molecule has 10 heteroatoms. The Morgan fingerprint density at radius 2 is 1.71 bits per heavy atom. The molecule has 38 heavy (non-hydrogen) atoms. The van der Waals surface area contributed by atoms with Gasteiger partial charge in [-0.15, -0.1) is 10.2 Å². The summed E-state index contributed by atoms with van der Waals surface area (Å²) in [6.07, 6.45) is 3.18. The Hall–Kier alpha value is -4.47. The first-order valence-corrected chi connectivity index (χ1v) is 12.2. The monoisotopic (exact) mass is 515 g/mol. The fourth-order valence-corrected chi connectivity index (χ4v) is 4.04. The normalized spacial score (nSPS) is 12.2. The van der Waals surface area contributed by atoms with Gasteiger partial charge >= 0.3 is 0 Å². The zero-order valence-corrected chi connectivity index (χ0v) is 22.0. The lowest BCUT2D eigenvalue weighted by molar-refractivity contribution is -0.128. The molecule has 196 valence electrons. The molecule has 4 aromatic rings. The molecule has 2 amide bonds. The summed E-state index contributed by atoms with van der Waals surface area (Å²) in [6.45, 7) is 9.24. The van der Waals surface area contributed by atoms with E-state index in [1.54, 1.807) is 24.5 Å². The number of rotatable bonds is 7. The third-order valence-corrected chi connectivity index (χ3v) is 5.96. The number of halogens is 1. The van der Waals surface area contributed by atoms with Crippen molar-refractivity contribution in [2.75, 3.05) is 4.90 Å². The molecule has 0 fully saturated rings. The van der Waals surface area contributed by atoms with Crippen LogP contribution in [0.3, 0.4) is 0 Å². The Morgan fingerprint density at radius 1 is 1.03 bits per heavy atom. The number of anilines is 1. The number of amides is 2. The molecule has 1 atom stereocenters. The number of tetrazole rings is 1. The van der Waals surface area contributed by atoms with Crippen molar-refractivity contribution < 1.29 is 14.0 Å². The van der Waals surface area contributed by atoms with Crippen LogP contribution in [-0.2, 0) is 16.1 Å². The SMILES string of the molecule is Cc1cccc(N(C(=O)Cn2nnc(-c3ccc(F)cc3)n2)[C@@H](C(=O)NC(C)(C)C)c2ccncc2)c1C. The van der Waals surface area contributed by atoms with Crippen molar-refractivity contribution >= 4 is 17.5 Å². The van der Waals surface area contributed by atoms with Crippen molar-refractivity contribution in [3.8, 4) is 11.4 Å². The van der Waals surface area contributed by atoms with E-state index in [4.69, 9.17) is 0 Å². The Balaban J connectivity index is 1.76. The van der Waals surface area contributed by atoms with E-state index >= 15 is 0 Å². The summed E-state index contributed by atoms with van der Waals surface area (Å²) < 4.78 is 13.3. The average molecular weight is 516 g/mol. The summed E-state index contributed by atoms with van der Waals surface area (Å²) in [5, 5.41) is 15.4. The summed E-state index contributed by atoms with van der Waals surface area (Å²) >= 11 is 0. The first-order chi connectivity index (χ1) is 18.0. The highest BCUT2D eigenvalue weighted by Crippen LogP contribution is 2.32. The van der Waals surface area contributed by atoms with Gasteiger partial charge in [-0.1, -0.05) is 12.1 Å². The molecule has 2 heterocycles. The second-order valence-corrected chi connectivity index (χ2v) is 10.1. The van der Waals surface area contributed by atoms with Crippen molar-refractivity contribution in [1.29, 1.82) is 0 Å². The fraction of sp³-hybridized carbons (Fsp3) is 0.286. The number of nitrogens with zero attached hydrogens (tertiary/aromatic N) is 6. The third-order valence-electron chi connectivity index (χ3n) is 5.96. The number of benzene rings is 2. The summed E-state index contributed by atoms with van der Waals surface area (Å²) in [5.74, 6) is -0.868. The Bertz CT molecular complexity index is 1430. The summed E-state index contributed by atoms with van der Waals surface area (Å²) in [5.41, 5.74) is 3.07. The Labute approximate surface area is 220 Å². The number of aromatic nitrogens is 5. The lowest BCUT2D eigenvalue weighted by Crippen LogP contribution is -2.50. The molecular weight excluding hydrogens is 485 g/mol. The van der Waals surface area contributed by atoms with E-state index in [-0.39, 0.29) is 24.1 Å². The number of aryl methyl sites for hydroxylation is 1. The minimum absolute atomic E-state index is 0.257. The topological polar surface area (TPSA) is 106 Å². The first kappa shape index (κ1) is 26.6. The number of nitrogens with one attached hydrogen (secondary N) is 1. The van der Waals surface area contributed by atoms with Crippen LogP contribution in [0.1, 0.15) is 43.5 Å². The molecule has 2 aromatic heterocycles. The van der Waals surface area contributed by atoms with Crippen LogP contribution >= 0.6 is 0 Å². The minimum Gasteiger partial charge on any atom is -0.349 e. The third kappa shape index (κ3) is 6.08. The van der Waals surface area contributed by atoms with E-state index in [1.807, 2.05) is 52.8 Å². The Kier molecular flexibility index (Phi) is 7.61. The van der Waals surface area contributed by atoms with E-state index in [0.717, 1.165) is 11.1 Å². The van der Waals surface area contributed by atoms with Gasteiger partial charge in [-0.2, -0.15) is 4.80 Å². The molecular formula is C28H30FN7O2. The largest absolute Gasteiger partial charge is 0.349 e. The molecule has 0 bridgehead atoms. The number of pyridine rings is 1. The molecule has 2 aromatic carbocycles. The number of hydrogen-bond donors (Lipinski definition) is 1. The Morgan fingerprint density at radius 3 is 2.37 bits per heavy atom. The molecule has 0 aliphatic carbocycles. The molecule has 0 saturated heterocycles. The molecule has 1 N–H and O–H groups in total. The van der Waals surface area contributed by atoms with Gasteiger partial charge < -0.3 is 5.32 Å². The molecule has 0 radical (unpaired) electrons. The van der Waals surface area contributed by atoms with Crippen LogP contribution in [0.4, 0.5) is 10.1 Å². The highest BCUT2D eigenvalue weighted by atomic mass is 19.1. The van der Waals surface area contributed by atoms with Crippen LogP contribution in [0, 0.1) is 19.7 Å². The van der Waals surface area contributed by atoms with Crippen LogP contribution < -0.4 is 10.2 Å². The fourth-order valence-electron chi connectivity index (χ4n) is 4.04. The maximum absolute atomic E-state index is 14.0. The van der Waals surface area contributed by atoms with E-state index in [1.165, 1.54) is 34.0 Å². The van der Waals surface area contributed by atoms with Crippen molar-refractivity contribution in [2.24, 2.45) is 0 Å². The van der Waals surface area contributed by atoms with E-state index in [2.05, 4.69) is 25.7 Å². The van der Waals surface area contributed by atoms with Crippen LogP contribution in [0.5, 0.6) is 0 Å².